The number of benzene rings is 1. The van der Waals surface area contributed by atoms with E-state index in [1.165, 1.54) is 21.8 Å². The van der Waals surface area contributed by atoms with Gasteiger partial charge in [0, 0.05) is 30.5 Å². The lowest BCUT2D eigenvalue weighted by molar-refractivity contribution is 0.270. The smallest absolute Gasteiger partial charge is 0.243 e. The molecule has 0 bridgehead atoms. The molecule has 6 heteroatoms. The zero-order valence-corrected chi connectivity index (χ0v) is 14.8. The molecule has 1 aromatic carbocycles. The normalized spacial score (nSPS) is 16.9. The minimum absolute atomic E-state index is 0.202. The third kappa shape index (κ3) is 2.97. The molecule has 0 aliphatic carbocycles. The molecule has 2 heterocycles. The molecule has 1 aromatic heterocycles. The Hall–Kier alpha value is -2.10. The predicted octanol–water partition coefficient (Wildman–Crippen LogP) is 3.00. The van der Waals surface area contributed by atoms with Crippen LogP contribution in [0, 0.1) is 25.2 Å². The molecule has 1 fully saturated rings. The van der Waals surface area contributed by atoms with Crippen LogP contribution in [-0.2, 0) is 10.0 Å². The second-order valence-electron chi connectivity index (χ2n) is 6.26. The van der Waals surface area contributed by atoms with Gasteiger partial charge in [0.2, 0.25) is 10.0 Å². The highest BCUT2D eigenvalue weighted by atomic mass is 32.2. The highest BCUT2D eigenvalue weighted by Gasteiger charge is 2.30. The lowest BCUT2D eigenvalue weighted by Gasteiger charge is -2.33. The molecule has 1 aliphatic heterocycles. The molecule has 0 N–H and O–H groups in total. The first-order valence-corrected chi connectivity index (χ1v) is 9.52. The van der Waals surface area contributed by atoms with Gasteiger partial charge in [0.1, 0.15) is 0 Å². The summed E-state index contributed by atoms with van der Waals surface area (Å²) in [6.45, 7) is 5.18. The number of nitriles is 1. The quantitative estimate of drug-likeness (QED) is 0.860. The Morgan fingerprint density at radius 1 is 1.08 bits per heavy atom. The van der Waals surface area contributed by atoms with Crippen molar-refractivity contribution in [2.24, 2.45) is 0 Å². The molecule has 1 aliphatic rings. The highest BCUT2D eigenvalue weighted by Crippen LogP contribution is 2.29. The molecule has 0 amide bonds. The maximum atomic E-state index is 12.8. The Kier molecular flexibility index (Phi) is 4.48. The van der Waals surface area contributed by atoms with E-state index in [1.807, 2.05) is 6.07 Å². The van der Waals surface area contributed by atoms with Crippen LogP contribution in [0.5, 0.6) is 0 Å². The highest BCUT2D eigenvalue weighted by molar-refractivity contribution is 7.89. The summed E-state index contributed by atoms with van der Waals surface area (Å²) in [4.78, 5) is 0.202. The van der Waals surface area contributed by atoms with E-state index in [0.717, 1.165) is 12.8 Å². The van der Waals surface area contributed by atoms with E-state index in [-0.39, 0.29) is 4.90 Å². The van der Waals surface area contributed by atoms with Crippen LogP contribution in [0.25, 0.3) is 0 Å². The first-order valence-electron chi connectivity index (χ1n) is 8.08. The summed E-state index contributed by atoms with van der Waals surface area (Å²) in [6.07, 6.45) is 1.60. The van der Waals surface area contributed by atoms with Gasteiger partial charge in [-0.05, 0) is 57.0 Å². The van der Waals surface area contributed by atoms with Gasteiger partial charge in [-0.15, -0.1) is 0 Å². The van der Waals surface area contributed by atoms with E-state index in [0.29, 0.717) is 24.7 Å². The maximum Gasteiger partial charge on any atom is 0.243 e. The van der Waals surface area contributed by atoms with Crippen LogP contribution in [0.4, 0.5) is 0 Å². The lowest BCUT2D eigenvalue weighted by Crippen LogP contribution is -2.39. The molecule has 5 nitrogen and oxygen atoms in total. The molecular weight excluding hydrogens is 322 g/mol. The first-order chi connectivity index (χ1) is 11.4. The van der Waals surface area contributed by atoms with Crippen LogP contribution in [0.3, 0.4) is 0 Å². The van der Waals surface area contributed by atoms with Crippen molar-refractivity contribution in [2.45, 2.75) is 37.6 Å². The van der Waals surface area contributed by atoms with E-state index >= 15 is 0 Å². The topological polar surface area (TPSA) is 66.1 Å². The Morgan fingerprint density at radius 2 is 1.71 bits per heavy atom. The van der Waals surface area contributed by atoms with Crippen LogP contribution in [-0.4, -0.2) is 30.4 Å². The molecule has 24 heavy (non-hydrogen) atoms. The molecule has 1 saturated heterocycles. The number of aromatic nitrogens is 1. The number of aryl methyl sites for hydroxylation is 2. The van der Waals surface area contributed by atoms with Crippen LogP contribution >= 0.6 is 0 Å². The molecule has 2 aromatic rings. The minimum atomic E-state index is -3.53. The Bertz CT molecular complexity index is 866. The average molecular weight is 343 g/mol. The number of nitrogens with zero attached hydrogens (tertiary/aromatic N) is 3. The number of piperidine rings is 1. The zero-order valence-electron chi connectivity index (χ0n) is 13.9. The molecule has 0 spiro atoms. The standard InChI is InChI=1S/C18H21N3O2S/c1-14-6-7-15(2)21(14)17-8-10-20(11-9-17)24(22,23)18-5-3-4-16(12-18)13-19/h3-7,12,17H,8-11H2,1-2H3. The molecule has 0 unspecified atom stereocenters. The van der Waals surface area contributed by atoms with E-state index in [2.05, 4.69) is 30.5 Å². The number of sulfonamides is 1. The third-order valence-electron chi connectivity index (χ3n) is 4.72. The summed E-state index contributed by atoms with van der Waals surface area (Å²) < 4.78 is 29.4. The van der Waals surface area contributed by atoms with Gasteiger partial charge in [0.15, 0.2) is 0 Å². The fourth-order valence-electron chi connectivity index (χ4n) is 3.47. The summed E-state index contributed by atoms with van der Waals surface area (Å²) in [5.41, 5.74) is 2.80. The second-order valence-corrected chi connectivity index (χ2v) is 8.20. The number of hydrogen-bond donors (Lipinski definition) is 0. The van der Waals surface area contributed by atoms with Crippen LogP contribution in [0.15, 0.2) is 41.3 Å². The van der Waals surface area contributed by atoms with Gasteiger partial charge in [-0.2, -0.15) is 9.57 Å². The maximum absolute atomic E-state index is 12.8. The van der Waals surface area contributed by atoms with Crippen molar-refractivity contribution in [3.63, 3.8) is 0 Å². The van der Waals surface area contributed by atoms with Crippen molar-refractivity contribution in [2.75, 3.05) is 13.1 Å². The molecule has 126 valence electrons. The summed E-state index contributed by atoms with van der Waals surface area (Å²) in [7, 11) is -3.53. The summed E-state index contributed by atoms with van der Waals surface area (Å²) >= 11 is 0. The molecule has 0 atom stereocenters. The van der Waals surface area contributed by atoms with Crippen LogP contribution in [0.1, 0.15) is 35.8 Å². The van der Waals surface area contributed by atoms with Crippen molar-refractivity contribution >= 4 is 10.0 Å². The van der Waals surface area contributed by atoms with Gasteiger partial charge in [-0.25, -0.2) is 8.42 Å². The van der Waals surface area contributed by atoms with Crippen molar-refractivity contribution in [3.05, 3.63) is 53.3 Å². The van der Waals surface area contributed by atoms with Crippen LogP contribution in [0.2, 0.25) is 0 Å². The van der Waals surface area contributed by atoms with Crippen LogP contribution < -0.4 is 0 Å². The van der Waals surface area contributed by atoms with Crippen molar-refractivity contribution < 1.29 is 8.42 Å². The van der Waals surface area contributed by atoms with Crippen molar-refractivity contribution in [3.8, 4) is 6.07 Å². The lowest BCUT2D eigenvalue weighted by atomic mass is 10.1. The molecule has 3 rings (SSSR count). The van der Waals surface area contributed by atoms with Gasteiger partial charge in [-0.1, -0.05) is 6.07 Å². The SMILES string of the molecule is Cc1ccc(C)n1C1CCN(S(=O)(=O)c2cccc(C#N)c2)CC1. The fourth-order valence-corrected chi connectivity index (χ4v) is 4.99. The van der Waals surface area contributed by atoms with Crippen molar-refractivity contribution in [1.29, 1.82) is 5.26 Å². The van der Waals surface area contributed by atoms with Gasteiger partial charge in [0.25, 0.3) is 0 Å². The summed E-state index contributed by atoms with van der Waals surface area (Å²) in [6, 6.07) is 12.8. The third-order valence-corrected chi connectivity index (χ3v) is 6.61. The van der Waals surface area contributed by atoms with Gasteiger partial charge in [-0.3, -0.25) is 0 Å². The second kappa shape index (κ2) is 6.42. The van der Waals surface area contributed by atoms with E-state index in [9.17, 15) is 8.42 Å². The Balaban J connectivity index is 1.78. The summed E-state index contributed by atoms with van der Waals surface area (Å²) in [5.74, 6) is 0. The predicted molar refractivity (Wildman–Crippen MR) is 92.1 cm³/mol. The monoisotopic (exact) mass is 343 g/mol. The van der Waals surface area contributed by atoms with E-state index < -0.39 is 10.0 Å². The molecule has 0 saturated carbocycles. The van der Waals surface area contributed by atoms with E-state index in [1.54, 1.807) is 18.2 Å². The largest absolute Gasteiger partial charge is 0.346 e. The molecular formula is C18H21N3O2S. The Labute approximate surface area is 143 Å². The summed E-state index contributed by atoms with van der Waals surface area (Å²) in [5, 5.41) is 8.97. The fraction of sp³-hybridized carbons (Fsp3) is 0.389. The first kappa shape index (κ1) is 16.7. The average Bonchev–Trinajstić information content (AvgIpc) is 2.93. The number of hydrogen-bond acceptors (Lipinski definition) is 3. The van der Waals surface area contributed by atoms with Gasteiger partial charge < -0.3 is 4.57 Å². The minimum Gasteiger partial charge on any atom is -0.346 e. The van der Waals surface area contributed by atoms with Gasteiger partial charge in [0.05, 0.1) is 16.5 Å². The van der Waals surface area contributed by atoms with Crippen molar-refractivity contribution in [1.82, 2.24) is 8.87 Å². The van der Waals surface area contributed by atoms with Gasteiger partial charge >= 0.3 is 0 Å². The Morgan fingerprint density at radius 3 is 2.29 bits per heavy atom. The zero-order chi connectivity index (χ0) is 17.3. The van der Waals surface area contributed by atoms with E-state index in [4.69, 9.17) is 5.26 Å². The number of rotatable bonds is 3. The molecule has 0 radical (unpaired) electrons.